The van der Waals surface area contributed by atoms with Gasteiger partial charge in [0, 0.05) is 18.0 Å². The van der Waals surface area contributed by atoms with Crippen LogP contribution in [0.25, 0.3) is 0 Å². The highest BCUT2D eigenvalue weighted by Gasteiger charge is 2.21. The number of thiol groups is 1. The zero-order valence-electron chi connectivity index (χ0n) is 11.4. The van der Waals surface area contributed by atoms with Crippen molar-refractivity contribution in [1.29, 1.82) is 0 Å². The van der Waals surface area contributed by atoms with Gasteiger partial charge in [-0.1, -0.05) is 19.1 Å². The number of anilines is 1. The number of nitrogens with one attached hydrogen (secondary N) is 2. The molecule has 0 aromatic heterocycles. The largest absolute Gasteiger partial charge is 0.325 e. The molecule has 0 fully saturated rings. The van der Waals surface area contributed by atoms with E-state index in [0.29, 0.717) is 12.1 Å². The average molecular weight is 291 g/mol. The summed E-state index contributed by atoms with van der Waals surface area (Å²) in [4.78, 5) is 22.7. The second-order valence-electron chi connectivity index (χ2n) is 4.88. The summed E-state index contributed by atoms with van der Waals surface area (Å²) in [7, 11) is 0. The fourth-order valence-corrected chi connectivity index (χ4v) is 2.04. The molecule has 2 amide bonds. The van der Waals surface area contributed by atoms with Crippen molar-refractivity contribution >= 4 is 35.8 Å². The van der Waals surface area contributed by atoms with E-state index in [-0.39, 0.29) is 23.0 Å². The standard InChI is InChI=1S/C14H17N3O2S/c1-8-7-12(18)16-17-13(8)10-3-5-11(6-4-10)15-14(19)9(2)20/h3-6,8-9,20H,7H2,1-2H3,(H,15,19)(H,16,18). The molecule has 2 N–H and O–H groups in total. The van der Waals surface area contributed by atoms with E-state index in [1.807, 2.05) is 31.2 Å². The third-order valence-corrected chi connectivity index (χ3v) is 3.32. The number of benzene rings is 1. The molecule has 0 aliphatic carbocycles. The number of hydrogen-bond acceptors (Lipinski definition) is 4. The molecular formula is C14H17N3O2S. The Hall–Kier alpha value is -1.82. The maximum absolute atomic E-state index is 11.5. The molecule has 2 rings (SSSR count). The van der Waals surface area contributed by atoms with Crippen molar-refractivity contribution in [3.63, 3.8) is 0 Å². The Bertz CT molecular complexity index is 552. The molecule has 2 atom stereocenters. The SMILES string of the molecule is CC(S)C(=O)Nc1ccc(C2=NNC(=O)CC2C)cc1. The Labute approximate surface area is 123 Å². The van der Waals surface area contributed by atoms with E-state index >= 15 is 0 Å². The second kappa shape index (κ2) is 6.09. The molecule has 20 heavy (non-hydrogen) atoms. The highest BCUT2D eigenvalue weighted by Crippen LogP contribution is 2.18. The van der Waals surface area contributed by atoms with Gasteiger partial charge in [-0.05, 0) is 24.6 Å². The maximum Gasteiger partial charge on any atom is 0.240 e. The van der Waals surface area contributed by atoms with Crippen LogP contribution in [0.1, 0.15) is 25.8 Å². The molecule has 0 radical (unpaired) electrons. The number of carbonyl (C=O) groups excluding carboxylic acids is 2. The molecule has 5 nitrogen and oxygen atoms in total. The van der Waals surface area contributed by atoms with Crippen molar-refractivity contribution in [2.75, 3.05) is 5.32 Å². The molecule has 106 valence electrons. The molecule has 1 aliphatic heterocycles. The van der Waals surface area contributed by atoms with E-state index in [1.54, 1.807) is 6.92 Å². The van der Waals surface area contributed by atoms with Gasteiger partial charge in [0.2, 0.25) is 11.8 Å². The lowest BCUT2D eigenvalue weighted by molar-refractivity contribution is -0.122. The lowest BCUT2D eigenvalue weighted by Crippen LogP contribution is -2.31. The summed E-state index contributed by atoms with van der Waals surface area (Å²) in [5, 5.41) is 6.51. The van der Waals surface area contributed by atoms with Gasteiger partial charge in [-0.15, -0.1) is 0 Å². The summed E-state index contributed by atoms with van der Waals surface area (Å²) in [6, 6.07) is 7.39. The molecule has 0 saturated carbocycles. The predicted molar refractivity (Wildman–Crippen MR) is 82.0 cm³/mol. The number of amides is 2. The third-order valence-electron chi connectivity index (χ3n) is 3.09. The average Bonchev–Trinajstić information content (AvgIpc) is 2.40. The summed E-state index contributed by atoms with van der Waals surface area (Å²) in [6.45, 7) is 3.68. The van der Waals surface area contributed by atoms with Gasteiger partial charge in [0.1, 0.15) is 0 Å². The van der Waals surface area contributed by atoms with E-state index in [1.165, 1.54) is 0 Å². The summed E-state index contributed by atoms with van der Waals surface area (Å²) in [5.74, 6) is -0.119. The van der Waals surface area contributed by atoms with Crippen LogP contribution in [0.3, 0.4) is 0 Å². The molecule has 6 heteroatoms. The van der Waals surface area contributed by atoms with Crippen LogP contribution in [0.5, 0.6) is 0 Å². The monoisotopic (exact) mass is 291 g/mol. The van der Waals surface area contributed by atoms with Gasteiger partial charge in [-0.3, -0.25) is 9.59 Å². The van der Waals surface area contributed by atoms with Gasteiger partial charge in [0.05, 0.1) is 11.0 Å². The van der Waals surface area contributed by atoms with Gasteiger partial charge < -0.3 is 5.32 Å². The van der Waals surface area contributed by atoms with E-state index in [2.05, 4.69) is 28.5 Å². The molecule has 2 unspecified atom stereocenters. The van der Waals surface area contributed by atoms with Crippen LogP contribution in [0.15, 0.2) is 29.4 Å². The number of rotatable bonds is 3. The molecule has 1 aliphatic rings. The third kappa shape index (κ3) is 3.39. The van der Waals surface area contributed by atoms with Crippen molar-refractivity contribution < 1.29 is 9.59 Å². The summed E-state index contributed by atoms with van der Waals surface area (Å²) in [5.41, 5.74) is 5.00. The Balaban J connectivity index is 2.12. The Morgan fingerprint density at radius 1 is 1.45 bits per heavy atom. The molecular weight excluding hydrogens is 274 g/mol. The number of carbonyl (C=O) groups is 2. The van der Waals surface area contributed by atoms with Crippen molar-refractivity contribution in [3.05, 3.63) is 29.8 Å². The van der Waals surface area contributed by atoms with Crippen molar-refractivity contribution in [1.82, 2.24) is 5.43 Å². The minimum absolute atomic E-state index is 0.0621. The van der Waals surface area contributed by atoms with Gasteiger partial charge in [0.25, 0.3) is 0 Å². The first-order chi connectivity index (χ1) is 9.47. The summed E-state index contributed by atoms with van der Waals surface area (Å²) in [6.07, 6.45) is 0.439. The van der Waals surface area contributed by atoms with Crippen LogP contribution in [0, 0.1) is 5.92 Å². The summed E-state index contributed by atoms with van der Waals surface area (Å²) < 4.78 is 0. The number of hydrazone groups is 1. The molecule has 1 heterocycles. The fraction of sp³-hybridized carbons (Fsp3) is 0.357. The highest BCUT2D eigenvalue weighted by atomic mass is 32.1. The van der Waals surface area contributed by atoms with Crippen LogP contribution in [-0.2, 0) is 9.59 Å². The lowest BCUT2D eigenvalue weighted by Gasteiger charge is -2.19. The van der Waals surface area contributed by atoms with Crippen LogP contribution in [0.2, 0.25) is 0 Å². The molecule has 0 spiro atoms. The van der Waals surface area contributed by atoms with E-state index < -0.39 is 0 Å². The van der Waals surface area contributed by atoms with Gasteiger partial charge >= 0.3 is 0 Å². The first-order valence-corrected chi connectivity index (χ1v) is 6.95. The zero-order valence-corrected chi connectivity index (χ0v) is 12.3. The highest BCUT2D eigenvalue weighted by molar-refractivity contribution is 7.81. The minimum Gasteiger partial charge on any atom is -0.325 e. The Morgan fingerprint density at radius 2 is 2.10 bits per heavy atom. The van der Waals surface area contributed by atoms with Gasteiger partial charge in [0.15, 0.2) is 0 Å². The minimum atomic E-state index is -0.354. The van der Waals surface area contributed by atoms with Gasteiger partial charge in [-0.2, -0.15) is 17.7 Å². The van der Waals surface area contributed by atoms with Crippen LogP contribution in [-0.4, -0.2) is 22.8 Å². The van der Waals surface area contributed by atoms with Crippen LogP contribution in [0.4, 0.5) is 5.69 Å². The summed E-state index contributed by atoms with van der Waals surface area (Å²) >= 11 is 4.08. The Kier molecular flexibility index (Phi) is 4.44. The molecule has 1 aromatic carbocycles. The number of nitrogens with zero attached hydrogens (tertiary/aromatic N) is 1. The van der Waals surface area contributed by atoms with Crippen LogP contribution >= 0.6 is 12.6 Å². The smallest absolute Gasteiger partial charge is 0.240 e. The van der Waals surface area contributed by atoms with Crippen molar-refractivity contribution in [2.24, 2.45) is 11.0 Å². The van der Waals surface area contributed by atoms with Crippen molar-refractivity contribution in [2.45, 2.75) is 25.5 Å². The first kappa shape index (κ1) is 14.6. The quantitative estimate of drug-likeness (QED) is 0.743. The predicted octanol–water partition coefficient (Wildman–Crippen LogP) is 1.80. The van der Waals surface area contributed by atoms with E-state index in [0.717, 1.165) is 11.3 Å². The van der Waals surface area contributed by atoms with Gasteiger partial charge in [-0.25, -0.2) is 5.43 Å². The molecule has 1 aromatic rings. The van der Waals surface area contributed by atoms with E-state index in [9.17, 15) is 9.59 Å². The zero-order chi connectivity index (χ0) is 14.7. The molecule has 0 bridgehead atoms. The second-order valence-corrected chi connectivity index (χ2v) is 5.65. The van der Waals surface area contributed by atoms with E-state index in [4.69, 9.17) is 0 Å². The molecule has 0 saturated heterocycles. The number of hydrogen-bond donors (Lipinski definition) is 3. The Morgan fingerprint density at radius 3 is 2.65 bits per heavy atom. The van der Waals surface area contributed by atoms with Crippen molar-refractivity contribution in [3.8, 4) is 0 Å². The lowest BCUT2D eigenvalue weighted by atomic mass is 9.94. The fourth-order valence-electron chi connectivity index (χ4n) is 1.97. The first-order valence-electron chi connectivity index (χ1n) is 6.43. The maximum atomic E-state index is 11.5. The topological polar surface area (TPSA) is 70.6 Å². The normalized spacial score (nSPS) is 19.9. The van der Waals surface area contributed by atoms with Crippen LogP contribution < -0.4 is 10.7 Å².